The number of thioether (sulfide) groups is 1. The van der Waals surface area contributed by atoms with Gasteiger partial charge in [-0.1, -0.05) is 72.8 Å². The van der Waals surface area contributed by atoms with Crippen molar-refractivity contribution in [3.8, 4) is 5.75 Å². The Morgan fingerprint density at radius 3 is 2.51 bits per heavy atom. The molecule has 1 heterocycles. The number of amides is 3. The van der Waals surface area contributed by atoms with Gasteiger partial charge < -0.3 is 25.4 Å². The molecule has 1 aliphatic heterocycles. The molecule has 8 nitrogen and oxygen atoms in total. The summed E-state index contributed by atoms with van der Waals surface area (Å²) in [7, 11) is 0. The molecule has 0 radical (unpaired) electrons. The number of benzene rings is 3. The maximum atomic E-state index is 13.6. The molecule has 1 fully saturated rings. The van der Waals surface area contributed by atoms with Crippen molar-refractivity contribution < 1.29 is 24.2 Å². The predicted molar refractivity (Wildman–Crippen MR) is 170 cm³/mol. The number of carbonyl (C=O) groups excluding carboxylic acids is 3. The molecular weight excluding hydrogens is 562 g/mol. The van der Waals surface area contributed by atoms with Crippen LogP contribution < -0.4 is 15.4 Å². The maximum absolute atomic E-state index is 13.6. The highest BCUT2D eigenvalue weighted by Crippen LogP contribution is 2.24. The molecular formula is C34H39N3O5S. The van der Waals surface area contributed by atoms with E-state index in [1.165, 1.54) is 16.7 Å². The van der Waals surface area contributed by atoms with Crippen molar-refractivity contribution >= 4 is 29.5 Å². The van der Waals surface area contributed by atoms with Crippen LogP contribution in [-0.2, 0) is 33.8 Å². The average molecular weight is 602 g/mol. The number of hydrogen-bond acceptors (Lipinski definition) is 6. The van der Waals surface area contributed by atoms with Crippen molar-refractivity contribution in [1.82, 2.24) is 15.5 Å². The fourth-order valence-corrected chi connectivity index (χ4v) is 6.16. The van der Waals surface area contributed by atoms with Gasteiger partial charge in [0.15, 0.2) is 12.7 Å². The van der Waals surface area contributed by atoms with Gasteiger partial charge in [-0.15, -0.1) is 18.3 Å². The highest BCUT2D eigenvalue weighted by molar-refractivity contribution is 7.99. The lowest BCUT2D eigenvalue weighted by molar-refractivity contribution is -0.146. The van der Waals surface area contributed by atoms with Crippen molar-refractivity contribution in [1.29, 1.82) is 0 Å². The Morgan fingerprint density at radius 2 is 1.79 bits per heavy atom. The van der Waals surface area contributed by atoms with Crippen molar-refractivity contribution in [2.75, 3.05) is 18.2 Å². The van der Waals surface area contributed by atoms with Crippen LogP contribution >= 0.6 is 11.8 Å². The molecule has 0 aromatic heterocycles. The van der Waals surface area contributed by atoms with Gasteiger partial charge >= 0.3 is 0 Å². The molecule has 0 bridgehead atoms. The van der Waals surface area contributed by atoms with E-state index in [0.717, 1.165) is 34.2 Å². The summed E-state index contributed by atoms with van der Waals surface area (Å²) in [5, 5.41) is 17.0. The number of aliphatic hydroxyl groups excluding tert-OH is 1. The van der Waals surface area contributed by atoms with E-state index in [2.05, 4.69) is 17.2 Å². The first-order chi connectivity index (χ1) is 20.8. The van der Waals surface area contributed by atoms with Crippen LogP contribution in [0.25, 0.3) is 0 Å². The van der Waals surface area contributed by atoms with E-state index >= 15 is 0 Å². The summed E-state index contributed by atoms with van der Waals surface area (Å²) in [6.45, 7) is 7.71. The second-order valence-corrected chi connectivity index (χ2v) is 11.7. The first kappa shape index (κ1) is 31.8. The Morgan fingerprint density at radius 1 is 1.05 bits per heavy atom. The first-order valence-corrected chi connectivity index (χ1v) is 15.5. The minimum Gasteiger partial charge on any atom is -0.484 e. The zero-order valence-electron chi connectivity index (χ0n) is 24.6. The predicted octanol–water partition coefficient (Wildman–Crippen LogP) is 3.72. The van der Waals surface area contributed by atoms with Crippen LogP contribution in [0.2, 0.25) is 0 Å². The number of ether oxygens (including phenoxy) is 1. The van der Waals surface area contributed by atoms with Crippen LogP contribution in [0.5, 0.6) is 5.75 Å². The van der Waals surface area contributed by atoms with Crippen molar-refractivity contribution in [3.63, 3.8) is 0 Å². The van der Waals surface area contributed by atoms with Gasteiger partial charge in [0.1, 0.15) is 11.8 Å². The van der Waals surface area contributed by atoms with Gasteiger partial charge in [0.25, 0.3) is 11.8 Å². The van der Waals surface area contributed by atoms with Crippen LogP contribution in [-0.4, -0.2) is 64.2 Å². The number of aliphatic hydroxyl groups is 1. The van der Waals surface area contributed by atoms with Gasteiger partial charge in [-0.2, -0.15) is 0 Å². The Bertz CT molecular complexity index is 1430. The van der Waals surface area contributed by atoms with Crippen LogP contribution in [0.4, 0.5) is 0 Å². The fourth-order valence-electron chi connectivity index (χ4n) is 5.00. The van der Waals surface area contributed by atoms with Crippen molar-refractivity contribution in [2.45, 2.75) is 51.4 Å². The minimum absolute atomic E-state index is 0.222. The number of nitrogens with zero attached hydrogens (tertiary/aromatic N) is 1. The zero-order valence-corrected chi connectivity index (χ0v) is 25.4. The Labute approximate surface area is 257 Å². The molecule has 226 valence electrons. The van der Waals surface area contributed by atoms with Crippen LogP contribution in [0, 0.1) is 13.8 Å². The van der Waals surface area contributed by atoms with Gasteiger partial charge in [0.2, 0.25) is 5.91 Å². The molecule has 3 atom stereocenters. The summed E-state index contributed by atoms with van der Waals surface area (Å²) in [4.78, 5) is 41.1. The summed E-state index contributed by atoms with van der Waals surface area (Å²) in [5.41, 5.74) is 4.89. The van der Waals surface area contributed by atoms with E-state index in [9.17, 15) is 19.5 Å². The van der Waals surface area contributed by atoms with Gasteiger partial charge in [-0.25, -0.2) is 0 Å². The molecule has 3 aromatic carbocycles. The highest BCUT2D eigenvalue weighted by Gasteiger charge is 2.40. The SMILES string of the molecule is C=CCc1ccc(OCC(=O)N[C@@H](Cc2ccccc2)[C@H](O)C(=O)N2CSC[C@H]2C(=O)NCc2ccccc2C)c(C)c1. The molecule has 4 rings (SSSR count). The monoisotopic (exact) mass is 601 g/mol. The lowest BCUT2D eigenvalue weighted by Gasteiger charge is -2.30. The van der Waals surface area contributed by atoms with Crippen LogP contribution in [0.3, 0.4) is 0 Å². The third kappa shape index (κ3) is 8.72. The number of nitrogens with one attached hydrogen (secondary N) is 2. The average Bonchev–Trinajstić information content (AvgIpc) is 3.50. The van der Waals surface area contributed by atoms with Gasteiger partial charge in [0.05, 0.1) is 11.9 Å². The van der Waals surface area contributed by atoms with E-state index in [0.29, 0.717) is 18.0 Å². The standard InChI is InChI=1S/C34H39N3O5S/c1-4-10-25-15-16-30(24(3)17-25)42-20-31(38)36-28(18-26-12-6-5-7-13-26)32(39)34(41)37-22-43-21-29(37)33(40)35-19-27-14-9-8-11-23(27)2/h4-9,11-17,28-29,32,39H,1,10,18-22H2,2-3H3,(H,35,40)(H,36,38)/t28-,29-,32-/m0/s1. The lowest BCUT2D eigenvalue weighted by atomic mass is 9.99. The minimum atomic E-state index is -1.56. The topological polar surface area (TPSA) is 108 Å². The van der Waals surface area contributed by atoms with Gasteiger partial charge in [-0.3, -0.25) is 14.4 Å². The third-order valence-corrected chi connectivity index (χ3v) is 8.45. The second-order valence-electron chi connectivity index (χ2n) is 10.7. The molecule has 0 spiro atoms. The number of allylic oxidation sites excluding steroid dienone is 1. The summed E-state index contributed by atoms with van der Waals surface area (Å²) < 4.78 is 5.77. The molecule has 0 aliphatic carbocycles. The van der Waals surface area contributed by atoms with E-state index in [4.69, 9.17) is 4.74 Å². The largest absolute Gasteiger partial charge is 0.484 e. The Balaban J connectivity index is 1.42. The molecule has 3 amide bonds. The first-order valence-electron chi connectivity index (χ1n) is 14.3. The molecule has 0 unspecified atom stereocenters. The van der Waals surface area contributed by atoms with Gasteiger partial charge in [-0.05, 0) is 60.6 Å². The number of hydrogen-bond donors (Lipinski definition) is 3. The lowest BCUT2D eigenvalue weighted by Crippen LogP contribution is -2.56. The maximum Gasteiger partial charge on any atom is 0.258 e. The number of carbonyl (C=O) groups is 3. The summed E-state index contributed by atoms with van der Waals surface area (Å²) in [6.07, 6.45) is 1.22. The third-order valence-electron chi connectivity index (χ3n) is 7.44. The van der Waals surface area contributed by atoms with Gasteiger partial charge in [0, 0.05) is 12.3 Å². The Kier molecular flexibility index (Phi) is 11.4. The van der Waals surface area contributed by atoms with Crippen LogP contribution in [0.15, 0.2) is 85.5 Å². The molecule has 1 saturated heterocycles. The van der Waals surface area contributed by atoms with E-state index < -0.39 is 30.0 Å². The normalized spacial score (nSPS) is 15.8. The Hall–Kier alpha value is -4.08. The highest BCUT2D eigenvalue weighted by atomic mass is 32.2. The molecule has 0 saturated carbocycles. The summed E-state index contributed by atoms with van der Waals surface area (Å²) in [6, 6.07) is 21.2. The quantitative estimate of drug-likeness (QED) is 0.258. The number of rotatable bonds is 13. The second kappa shape index (κ2) is 15.4. The number of aryl methyl sites for hydroxylation is 2. The van der Waals surface area contributed by atoms with E-state index in [-0.39, 0.29) is 24.8 Å². The molecule has 43 heavy (non-hydrogen) atoms. The summed E-state index contributed by atoms with van der Waals surface area (Å²) >= 11 is 1.45. The van der Waals surface area contributed by atoms with Crippen molar-refractivity contribution in [2.24, 2.45) is 0 Å². The van der Waals surface area contributed by atoms with Crippen LogP contribution in [0.1, 0.15) is 27.8 Å². The van der Waals surface area contributed by atoms with E-state index in [1.807, 2.05) is 92.7 Å². The fraction of sp³-hybridized carbons (Fsp3) is 0.324. The molecule has 3 aromatic rings. The molecule has 9 heteroatoms. The summed E-state index contributed by atoms with van der Waals surface area (Å²) in [5.74, 6) is -0.0723. The molecule has 3 N–H and O–H groups in total. The zero-order chi connectivity index (χ0) is 30.8. The smallest absolute Gasteiger partial charge is 0.258 e. The van der Waals surface area contributed by atoms with Crippen molar-refractivity contribution in [3.05, 3.63) is 113 Å². The molecule has 1 aliphatic rings. The van der Waals surface area contributed by atoms with E-state index in [1.54, 1.807) is 0 Å².